The van der Waals surface area contributed by atoms with Crippen molar-refractivity contribution < 1.29 is 24.3 Å². The number of halogens is 1. The molecule has 0 bridgehead atoms. The first-order valence-corrected chi connectivity index (χ1v) is 13.5. The Bertz CT molecular complexity index is 1420. The Morgan fingerprint density at radius 3 is 2.49 bits per heavy atom. The Morgan fingerprint density at radius 1 is 1.12 bits per heavy atom. The number of aromatic nitrogens is 4. The Labute approximate surface area is 241 Å². The fraction of sp³-hybridized carbons (Fsp3) is 0.321. The maximum Gasteiger partial charge on any atom is 0.335 e. The van der Waals surface area contributed by atoms with Crippen molar-refractivity contribution in [2.45, 2.75) is 38.6 Å². The Balaban J connectivity index is 1.45. The van der Waals surface area contributed by atoms with E-state index in [1.807, 2.05) is 4.90 Å². The topological polar surface area (TPSA) is 159 Å². The van der Waals surface area contributed by atoms with Crippen molar-refractivity contribution in [3.63, 3.8) is 0 Å². The van der Waals surface area contributed by atoms with E-state index in [1.165, 1.54) is 41.4 Å². The first-order chi connectivity index (χ1) is 19.7. The lowest BCUT2D eigenvalue weighted by atomic mass is 9.90. The van der Waals surface area contributed by atoms with E-state index in [4.69, 9.17) is 16.7 Å². The van der Waals surface area contributed by atoms with Crippen LogP contribution in [0, 0.1) is 5.92 Å². The summed E-state index contributed by atoms with van der Waals surface area (Å²) in [6, 6.07) is 10.00. The van der Waals surface area contributed by atoms with E-state index < -0.39 is 23.8 Å². The first kappa shape index (κ1) is 29.4. The molecule has 41 heavy (non-hydrogen) atoms. The molecule has 0 radical (unpaired) electrons. The maximum absolute atomic E-state index is 13.2. The smallest absolute Gasteiger partial charge is 0.335 e. The van der Waals surface area contributed by atoms with Crippen LogP contribution >= 0.6 is 11.6 Å². The molecule has 4 rings (SSSR count). The summed E-state index contributed by atoms with van der Waals surface area (Å²) in [5, 5.41) is 26.3. The van der Waals surface area contributed by atoms with Crippen LogP contribution in [0.5, 0.6) is 0 Å². The van der Waals surface area contributed by atoms with Crippen molar-refractivity contribution in [3.8, 4) is 5.69 Å². The van der Waals surface area contributed by atoms with Gasteiger partial charge in [0.25, 0.3) is 0 Å². The molecule has 1 fully saturated rings. The van der Waals surface area contributed by atoms with Gasteiger partial charge in [0.1, 0.15) is 12.4 Å². The molecule has 3 amide bonds. The molecule has 1 aliphatic rings. The minimum atomic E-state index is -1.07. The largest absolute Gasteiger partial charge is 0.478 e. The number of anilines is 1. The van der Waals surface area contributed by atoms with Crippen LogP contribution in [0.3, 0.4) is 0 Å². The number of carbonyl (C=O) groups excluding carboxylic acids is 3. The molecule has 2 heterocycles. The van der Waals surface area contributed by atoms with Gasteiger partial charge in [0.05, 0.1) is 11.3 Å². The van der Waals surface area contributed by atoms with Gasteiger partial charge in [-0.1, -0.05) is 11.6 Å². The van der Waals surface area contributed by atoms with Gasteiger partial charge in [-0.2, -0.15) is 4.68 Å². The molecule has 13 heteroatoms. The molecule has 0 unspecified atom stereocenters. The standard InChI is InChI=1S/C28H30ClN7O5/c1-18(37)35-14-12-19(13-15-35)2-9-24(27(39)31-23-7-3-20(4-8-23)28(40)41)32-26(38)11-5-21-16-22(29)6-10-25(21)36-17-30-33-34-36/h3-8,10-11,16-17,19,24H,2,9,12-15H2,1H3,(H,31,39)(H,32,38)(H,40,41)/b11-5+/t24-/m0/s1. The van der Waals surface area contributed by atoms with Crippen molar-refractivity contribution >= 4 is 47.1 Å². The number of likely N-dealkylation sites (tertiary alicyclic amines) is 1. The van der Waals surface area contributed by atoms with Gasteiger partial charge in [0, 0.05) is 42.4 Å². The summed E-state index contributed by atoms with van der Waals surface area (Å²) in [7, 11) is 0. The molecule has 3 aromatic rings. The minimum Gasteiger partial charge on any atom is -0.478 e. The summed E-state index contributed by atoms with van der Waals surface area (Å²) >= 11 is 6.16. The van der Waals surface area contributed by atoms with Gasteiger partial charge in [0.15, 0.2) is 0 Å². The number of hydrogen-bond donors (Lipinski definition) is 3. The van der Waals surface area contributed by atoms with Crippen LogP contribution in [-0.2, 0) is 14.4 Å². The number of carbonyl (C=O) groups is 4. The van der Waals surface area contributed by atoms with Gasteiger partial charge in [-0.05, 0) is 90.6 Å². The molecule has 1 saturated heterocycles. The number of amides is 3. The van der Waals surface area contributed by atoms with Gasteiger partial charge >= 0.3 is 5.97 Å². The molecule has 1 aliphatic heterocycles. The third-order valence-corrected chi connectivity index (χ3v) is 7.19. The predicted octanol–water partition coefficient (Wildman–Crippen LogP) is 3.19. The number of piperidine rings is 1. The highest BCUT2D eigenvalue weighted by molar-refractivity contribution is 6.30. The van der Waals surface area contributed by atoms with E-state index in [2.05, 4.69) is 26.2 Å². The number of aromatic carboxylic acids is 1. The average Bonchev–Trinajstić information content (AvgIpc) is 3.49. The normalized spacial score (nSPS) is 14.5. The molecule has 12 nitrogen and oxygen atoms in total. The number of carboxylic acid groups (broad SMARTS) is 1. The van der Waals surface area contributed by atoms with Crippen LogP contribution < -0.4 is 10.6 Å². The van der Waals surface area contributed by atoms with Gasteiger partial charge < -0.3 is 20.6 Å². The molecular formula is C28H30ClN7O5. The molecule has 1 aromatic heterocycles. The SMILES string of the molecule is CC(=O)N1CCC(CC[C@H](NC(=O)/C=C/c2cc(Cl)ccc2-n2cnnn2)C(=O)Nc2ccc(C(=O)O)cc2)CC1. The highest BCUT2D eigenvalue weighted by Crippen LogP contribution is 2.24. The van der Waals surface area contributed by atoms with Gasteiger partial charge in [-0.15, -0.1) is 5.10 Å². The Kier molecular flexibility index (Phi) is 9.80. The monoisotopic (exact) mass is 579 g/mol. The molecule has 2 aromatic carbocycles. The van der Waals surface area contributed by atoms with E-state index in [0.717, 1.165) is 12.8 Å². The maximum atomic E-state index is 13.2. The number of carboxylic acids is 1. The minimum absolute atomic E-state index is 0.0524. The molecule has 1 atom stereocenters. The second-order valence-corrected chi connectivity index (χ2v) is 10.2. The summed E-state index contributed by atoms with van der Waals surface area (Å²) < 4.78 is 1.44. The van der Waals surface area contributed by atoms with E-state index in [0.29, 0.717) is 53.8 Å². The Hall–Kier alpha value is -4.58. The van der Waals surface area contributed by atoms with Gasteiger partial charge in [-0.25, -0.2) is 4.79 Å². The highest BCUT2D eigenvalue weighted by atomic mass is 35.5. The summed E-state index contributed by atoms with van der Waals surface area (Å²) in [5.41, 5.74) is 1.71. The first-order valence-electron chi connectivity index (χ1n) is 13.1. The zero-order valence-electron chi connectivity index (χ0n) is 22.4. The second-order valence-electron chi connectivity index (χ2n) is 9.75. The number of rotatable bonds is 10. The third-order valence-electron chi connectivity index (χ3n) is 6.96. The third kappa shape index (κ3) is 8.21. The fourth-order valence-electron chi connectivity index (χ4n) is 4.66. The lowest BCUT2D eigenvalue weighted by molar-refractivity contribution is -0.130. The van der Waals surface area contributed by atoms with Gasteiger partial charge in [-0.3, -0.25) is 14.4 Å². The van der Waals surface area contributed by atoms with Crippen molar-refractivity contribution in [2.24, 2.45) is 5.92 Å². The van der Waals surface area contributed by atoms with Gasteiger partial charge in [0.2, 0.25) is 17.7 Å². The molecule has 0 aliphatic carbocycles. The summed E-state index contributed by atoms with van der Waals surface area (Å²) in [4.78, 5) is 50.8. The zero-order valence-corrected chi connectivity index (χ0v) is 23.1. The Morgan fingerprint density at radius 2 is 1.85 bits per heavy atom. The van der Waals surface area contributed by atoms with Crippen LogP contribution in [-0.4, -0.2) is 73.0 Å². The summed E-state index contributed by atoms with van der Waals surface area (Å²) in [6.45, 7) is 2.90. The van der Waals surface area contributed by atoms with E-state index in [9.17, 15) is 19.2 Å². The van der Waals surface area contributed by atoms with Crippen LogP contribution in [0.25, 0.3) is 11.8 Å². The molecule has 0 saturated carbocycles. The van der Waals surface area contributed by atoms with Crippen LogP contribution in [0.2, 0.25) is 5.02 Å². The number of tetrazole rings is 1. The number of benzene rings is 2. The van der Waals surface area contributed by atoms with Crippen molar-refractivity contribution in [1.82, 2.24) is 30.4 Å². The van der Waals surface area contributed by atoms with E-state index in [-0.39, 0.29) is 11.5 Å². The lowest BCUT2D eigenvalue weighted by Gasteiger charge is -2.32. The molecule has 0 spiro atoms. The number of nitrogens with zero attached hydrogens (tertiary/aromatic N) is 5. The average molecular weight is 580 g/mol. The van der Waals surface area contributed by atoms with Crippen molar-refractivity contribution in [2.75, 3.05) is 18.4 Å². The second kappa shape index (κ2) is 13.7. The lowest BCUT2D eigenvalue weighted by Crippen LogP contribution is -2.44. The van der Waals surface area contributed by atoms with Crippen LogP contribution in [0.15, 0.2) is 54.9 Å². The number of hydrogen-bond acceptors (Lipinski definition) is 7. The highest BCUT2D eigenvalue weighted by Gasteiger charge is 2.25. The quantitative estimate of drug-likeness (QED) is 0.309. The summed E-state index contributed by atoms with van der Waals surface area (Å²) in [5.74, 6) is -1.61. The van der Waals surface area contributed by atoms with E-state index in [1.54, 1.807) is 31.2 Å². The molecular weight excluding hydrogens is 550 g/mol. The number of nitrogens with one attached hydrogen (secondary N) is 2. The van der Waals surface area contributed by atoms with Crippen LogP contribution in [0.4, 0.5) is 5.69 Å². The van der Waals surface area contributed by atoms with Crippen molar-refractivity contribution in [1.29, 1.82) is 0 Å². The zero-order chi connectivity index (χ0) is 29.4. The van der Waals surface area contributed by atoms with E-state index >= 15 is 0 Å². The fourth-order valence-corrected chi connectivity index (χ4v) is 4.84. The molecule has 214 valence electrons. The summed E-state index contributed by atoms with van der Waals surface area (Å²) in [6.07, 6.45) is 7.02. The van der Waals surface area contributed by atoms with Crippen LogP contribution in [0.1, 0.15) is 48.5 Å². The predicted molar refractivity (Wildman–Crippen MR) is 151 cm³/mol. The molecule has 3 N–H and O–H groups in total. The van der Waals surface area contributed by atoms with Crippen molar-refractivity contribution in [3.05, 3.63) is 71.0 Å².